The van der Waals surface area contributed by atoms with Gasteiger partial charge in [0.15, 0.2) is 0 Å². The number of nitrogens with one attached hydrogen (secondary N) is 1. The van der Waals surface area contributed by atoms with E-state index in [9.17, 15) is 10.2 Å². The molecular formula is C19H43N3O12. The van der Waals surface area contributed by atoms with Crippen molar-refractivity contribution >= 4 is 0 Å². The largest absolute Gasteiger partial charge is 0.396 e. The molecule has 3 unspecified atom stereocenters. The van der Waals surface area contributed by atoms with Crippen LogP contribution in [0.5, 0.6) is 0 Å². The molecule has 0 aromatic carbocycles. The van der Waals surface area contributed by atoms with E-state index in [4.69, 9.17) is 26.2 Å². The Morgan fingerprint density at radius 3 is 2.12 bits per heavy atom. The number of hydrogen-bond donors (Lipinski definition) is 7. The molecule has 1 fully saturated rings. The minimum absolute atomic E-state index is 0.0163. The van der Waals surface area contributed by atoms with Gasteiger partial charge < -0.3 is 26.0 Å². The lowest BCUT2D eigenvalue weighted by molar-refractivity contribution is -0.499. The number of aliphatic hydroxyl groups excluding tert-OH is 2. The normalized spacial score (nSPS) is 25.8. The molecule has 8 N–H and O–H groups in total. The van der Waals surface area contributed by atoms with Crippen LogP contribution >= 0.6 is 0 Å². The average molecular weight is 506 g/mol. The van der Waals surface area contributed by atoms with Crippen LogP contribution in [0.2, 0.25) is 0 Å². The van der Waals surface area contributed by atoms with Gasteiger partial charge in [-0.2, -0.15) is 4.89 Å². The van der Waals surface area contributed by atoms with Crippen molar-refractivity contribution in [3.05, 3.63) is 0 Å². The van der Waals surface area contributed by atoms with Crippen LogP contribution in [0.1, 0.15) is 33.1 Å². The van der Waals surface area contributed by atoms with Gasteiger partial charge in [0.05, 0.1) is 31.5 Å². The topological polar surface area (TPSA) is 207 Å². The second-order valence-electron chi connectivity index (χ2n) is 8.08. The highest BCUT2D eigenvalue weighted by atomic mass is 17.5. The number of aliphatic hydroxyl groups is 2. The SMILES string of the molecule is CO[C@@H]1CC(CO)[C@H](C)[C@@H](O)C1NC(C)CN(CCN)COOO.OOOCCCCOOO. The van der Waals surface area contributed by atoms with Gasteiger partial charge in [0.2, 0.25) is 0 Å². The lowest BCUT2D eigenvalue weighted by atomic mass is 9.74. The van der Waals surface area contributed by atoms with E-state index in [1.807, 2.05) is 18.7 Å². The minimum Gasteiger partial charge on any atom is -0.396 e. The Balaban J connectivity index is 0.000000916. The van der Waals surface area contributed by atoms with Crippen molar-refractivity contribution in [3.8, 4) is 0 Å². The third-order valence-electron chi connectivity index (χ3n) is 5.68. The van der Waals surface area contributed by atoms with E-state index < -0.39 is 6.10 Å². The molecule has 0 bridgehead atoms. The van der Waals surface area contributed by atoms with Gasteiger partial charge in [-0.25, -0.2) is 25.5 Å². The van der Waals surface area contributed by atoms with Crippen LogP contribution in [0.15, 0.2) is 0 Å². The zero-order valence-corrected chi connectivity index (χ0v) is 20.2. The fourth-order valence-electron chi connectivity index (χ4n) is 3.83. The highest BCUT2D eigenvalue weighted by molar-refractivity contribution is 4.96. The molecule has 0 saturated heterocycles. The maximum Gasteiger partial charge on any atom is 0.138 e. The Morgan fingerprint density at radius 1 is 1.06 bits per heavy atom. The molecular weight excluding hydrogens is 462 g/mol. The summed E-state index contributed by atoms with van der Waals surface area (Å²) in [5.74, 6) is 0.0134. The van der Waals surface area contributed by atoms with E-state index in [-0.39, 0.29) is 56.6 Å². The fourth-order valence-corrected chi connectivity index (χ4v) is 3.83. The molecule has 0 amide bonds. The van der Waals surface area contributed by atoms with Crippen molar-refractivity contribution in [2.75, 3.05) is 53.3 Å². The number of nitrogens with two attached hydrogens (primary N) is 1. The second kappa shape index (κ2) is 21.7. The monoisotopic (exact) mass is 505 g/mol. The summed E-state index contributed by atoms with van der Waals surface area (Å²) >= 11 is 0. The molecule has 1 rings (SSSR count). The fraction of sp³-hybridized carbons (Fsp3) is 1.00. The molecule has 0 spiro atoms. The summed E-state index contributed by atoms with van der Waals surface area (Å²) in [5.41, 5.74) is 5.57. The van der Waals surface area contributed by atoms with E-state index in [1.54, 1.807) is 7.11 Å². The van der Waals surface area contributed by atoms with Crippen molar-refractivity contribution in [3.63, 3.8) is 0 Å². The summed E-state index contributed by atoms with van der Waals surface area (Å²) in [4.78, 5) is 14.6. The molecule has 1 aliphatic carbocycles. The number of hydrogen-bond acceptors (Lipinski definition) is 15. The number of methoxy groups -OCH3 is 1. The zero-order chi connectivity index (χ0) is 25.8. The third kappa shape index (κ3) is 14.1. The van der Waals surface area contributed by atoms with E-state index in [0.29, 0.717) is 38.9 Å². The Morgan fingerprint density at radius 2 is 1.65 bits per heavy atom. The molecule has 0 heterocycles. The highest BCUT2D eigenvalue weighted by Crippen LogP contribution is 2.32. The Bertz CT molecular complexity index is 447. The second-order valence-corrected chi connectivity index (χ2v) is 8.08. The van der Waals surface area contributed by atoms with E-state index >= 15 is 0 Å². The molecule has 34 heavy (non-hydrogen) atoms. The molecule has 0 aromatic heterocycles. The van der Waals surface area contributed by atoms with Gasteiger partial charge in [-0.15, -0.1) is 0 Å². The van der Waals surface area contributed by atoms with Crippen molar-refractivity contribution in [2.24, 2.45) is 17.6 Å². The lowest BCUT2D eigenvalue weighted by Crippen LogP contribution is -2.60. The van der Waals surface area contributed by atoms with E-state index in [0.717, 1.165) is 0 Å². The molecule has 1 aliphatic rings. The predicted octanol–water partition coefficient (Wildman–Crippen LogP) is -0.394. The first kappa shape index (κ1) is 33.4. The van der Waals surface area contributed by atoms with Gasteiger partial charge in [0, 0.05) is 39.4 Å². The number of ether oxygens (including phenoxy) is 1. The van der Waals surface area contributed by atoms with Crippen LogP contribution in [0.3, 0.4) is 0 Å². The zero-order valence-electron chi connectivity index (χ0n) is 20.2. The number of nitrogens with zero attached hydrogens (tertiary/aromatic N) is 1. The van der Waals surface area contributed by atoms with E-state index in [2.05, 4.69) is 35.1 Å². The first-order valence-electron chi connectivity index (χ1n) is 11.2. The van der Waals surface area contributed by atoms with Gasteiger partial charge in [0.25, 0.3) is 0 Å². The van der Waals surface area contributed by atoms with Gasteiger partial charge in [-0.3, -0.25) is 4.90 Å². The Hall–Kier alpha value is -0.600. The first-order chi connectivity index (χ1) is 16.4. The van der Waals surface area contributed by atoms with Crippen LogP contribution in [-0.2, 0) is 34.5 Å². The Kier molecular flexibility index (Phi) is 21.3. The maximum atomic E-state index is 10.6. The van der Waals surface area contributed by atoms with Crippen molar-refractivity contribution in [1.82, 2.24) is 10.2 Å². The van der Waals surface area contributed by atoms with Gasteiger partial charge in [-0.05, 0) is 38.0 Å². The molecule has 0 aromatic rings. The van der Waals surface area contributed by atoms with Crippen LogP contribution in [0.4, 0.5) is 0 Å². The summed E-state index contributed by atoms with van der Waals surface area (Å²) in [6, 6.07) is -0.202. The smallest absolute Gasteiger partial charge is 0.138 e. The van der Waals surface area contributed by atoms with Crippen molar-refractivity contribution in [1.29, 1.82) is 0 Å². The molecule has 206 valence electrons. The van der Waals surface area contributed by atoms with Gasteiger partial charge in [-0.1, -0.05) is 22.0 Å². The van der Waals surface area contributed by atoms with Crippen LogP contribution in [-0.4, -0.2) is 108 Å². The van der Waals surface area contributed by atoms with Crippen molar-refractivity contribution in [2.45, 2.75) is 57.4 Å². The van der Waals surface area contributed by atoms with Crippen molar-refractivity contribution < 1.29 is 60.5 Å². The third-order valence-corrected chi connectivity index (χ3v) is 5.68. The van der Waals surface area contributed by atoms with Crippen LogP contribution in [0.25, 0.3) is 0 Å². The summed E-state index contributed by atoms with van der Waals surface area (Å²) in [6.45, 7) is 6.24. The molecule has 0 radical (unpaired) electrons. The quantitative estimate of drug-likeness (QED) is 0.0547. The predicted molar refractivity (Wildman–Crippen MR) is 116 cm³/mol. The number of unbranched alkanes of at least 4 members (excludes halogenated alkanes) is 1. The molecule has 1 saturated carbocycles. The highest BCUT2D eigenvalue weighted by Gasteiger charge is 2.42. The standard InChI is InChI=1S/C15H33N3O6.C4H10O6/c1-10(7-18(5-4-16)9-23-24-21)17-14-13(22-3)6-12(8-19)11(2)15(14)20;5-9-7-3-1-2-4-8-10-6/h10-15,17,19-21H,4-9,16H2,1-3H3;5-6H,1-4H2/t10?,11-,12?,13+,14?,15+;/m0./s1. The minimum atomic E-state index is -0.608. The summed E-state index contributed by atoms with van der Waals surface area (Å²) in [7, 11) is 1.62. The Labute approximate surface area is 199 Å². The van der Waals surface area contributed by atoms with E-state index in [1.165, 1.54) is 0 Å². The summed E-state index contributed by atoms with van der Waals surface area (Å²) in [5, 5.41) is 57.4. The van der Waals surface area contributed by atoms with Crippen LogP contribution < -0.4 is 11.1 Å². The summed E-state index contributed by atoms with van der Waals surface area (Å²) in [6.07, 6.45) is 1.20. The first-order valence-corrected chi connectivity index (χ1v) is 11.2. The molecule has 15 heteroatoms. The summed E-state index contributed by atoms with van der Waals surface area (Å²) < 4.78 is 5.53. The molecule has 0 aliphatic heterocycles. The molecule has 6 atom stereocenters. The maximum absolute atomic E-state index is 10.6. The molecule has 15 nitrogen and oxygen atoms in total. The lowest BCUT2D eigenvalue weighted by Gasteiger charge is -2.44. The van der Waals surface area contributed by atoms with Gasteiger partial charge in [0.1, 0.15) is 6.73 Å². The van der Waals surface area contributed by atoms with Crippen LogP contribution in [0, 0.1) is 11.8 Å². The average Bonchev–Trinajstić information content (AvgIpc) is 2.83. The number of rotatable bonds is 18. The van der Waals surface area contributed by atoms with Gasteiger partial charge >= 0.3 is 0 Å².